The van der Waals surface area contributed by atoms with Crippen molar-refractivity contribution < 1.29 is 4.74 Å². The van der Waals surface area contributed by atoms with Crippen molar-refractivity contribution in [3.05, 3.63) is 29.3 Å². The number of ether oxygens (including phenoxy) is 1. The minimum absolute atomic E-state index is 0.580. The predicted octanol–water partition coefficient (Wildman–Crippen LogP) is 2.44. The van der Waals surface area contributed by atoms with Gasteiger partial charge in [0.05, 0.1) is 13.2 Å². The van der Waals surface area contributed by atoms with E-state index in [0.29, 0.717) is 6.04 Å². The van der Waals surface area contributed by atoms with Gasteiger partial charge in [0.25, 0.3) is 0 Å². The summed E-state index contributed by atoms with van der Waals surface area (Å²) in [5.74, 6) is 0. The van der Waals surface area contributed by atoms with Gasteiger partial charge in [0.2, 0.25) is 0 Å². The van der Waals surface area contributed by atoms with E-state index in [4.69, 9.17) is 4.74 Å². The second-order valence-electron chi connectivity index (χ2n) is 5.15. The maximum Gasteiger partial charge on any atom is 0.0594 e. The minimum atomic E-state index is 0.580. The topological polar surface area (TPSA) is 24.5 Å². The average molecular weight is 246 g/mol. The van der Waals surface area contributed by atoms with E-state index in [1.54, 1.807) is 0 Å². The third-order valence-corrected chi connectivity index (χ3v) is 4.10. The molecular weight excluding hydrogens is 224 g/mol. The molecular formula is C15H22N2O. The van der Waals surface area contributed by atoms with Crippen LogP contribution in [0, 0.1) is 0 Å². The highest BCUT2D eigenvalue weighted by molar-refractivity contribution is 5.56. The molecule has 2 aliphatic heterocycles. The fraction of sp³-hybridized carbons (Fsp3) is 0.600. The van der Waals surface area contributed by atoms with Crippen LogP contribution in [-0.2, 0) is 11.2 Å². The molecule has 18 heavy (non-hydrogen) atoms. The van der Waals surface area contributed by atoms with Gasteiger partial charge in [-0.3, -0.25) is 4.90 Å². The van der Waals surface area contributed by atoms with Gasteiger partial charge < -0.3 is 10.1 Å². The van der Waals surface area contributed by atoms with E-state index in [9.17, 15) is 0 Å². The zero-order chi connectivity index (χ0) is 12.4. The number of hydrogen-bond donors (Lipinski definition) is 1. The number of fused-ring (bicyclic) bond motifs is 1. The number of hydrogen-bond acceptors (Lipinski definition) is 3. The van der Waals surface area contributed by atoms with Crippen molar-refractivity contribution in [1.82, 2.24) is 4.90 Å². The Morgan fingerprint density at radius 2 is 2.17 bits per heavy atom. The fourth-order valence-electron chi connectivity index (χ4n) is 3.04. The number of aryl methyl sites for hydroxylation is 1. The lowest BCUT2D eigenvalue weighted by atomic mass is 9.93. The quantitative estimate of drug-likeness (QED) is 0.867. The summed E-state index contributed by atoms with van der Waals surface area (Å²) in [5.41, 5.74) is 4.26. The SMILES string of the molecule is CCc1ccc2c(c1)C(N1CCOCC1)CCN2. The molecule has 1 fully saturated rings. The zero-order valence-electron chi connectivity index (χ0n) is 11.1. The maximum atomic E-state index is 5.47. The number of nitrogens with zero attached hydrogens (tertiary/aromatic N) is 1. The first-order valence-corrected chi connectivity index (χ1v) is 7.07. The first-order chi connectivity index (χ1) is 8.88. The molecule has 1 aromatic carbocycles. The number of rotatable bonds is 2. The smallest absolute Gasteiger partial charge is 0.0594 e. The van der Waals surface area contributed by atoms with Crippen molar-refractivity contribution in [2.45, 2.75) is 25.8 Å². The summed E-state index contributed by atoms with van der Waals surface area (Å²) in [6.07, 6.45) is 2.32. The van der Waals surface area contributed by atoms with Gasteiger partial charge in [0, 0.05) is 31.4 Å². The van der Waals surface area contributed by atoms with Crippen LogP contribution in [0.15, 0.2) is 18.2 Å². The van der Waals surface area contributed by atoms with Crippen molar-refractivity contribution in [3.8, 4) is 0 Å². The first kappa shape index (κ1) is 12.0. The van der Waals surface area contributed by atoms with E-state index in [1.807, 2.05) is 0 Å². The summed E-state index contributed by atoms with van der Waals surface area (Å²) in [6.45, 7) is 7.21. The summed E-state index contributed by atoms with van der Waals surface area (Å²) < 4.78 is 5.47. The zero-order valence-corrected chi connectivity index (χ0v) is 11.1. The Kier molecular flexibility index (Phi) is 3.52. The van der Waals surface area contributed by atoms with Gasteiger partial charge in [0.15, 0.2) is 0 Å². The van der Waals surface area contributed by atoms with Gasteiger partial charge in [-0.05, 0) is 30.0 Å². The average Bonchev–Trinajstić information content (AvgIpc) is 2.47. The van der Waals surface area contributed by atoms with Crippen LogP contribution in [0.4, 0.5) is 5.69 Å². The fourth-order valence-corrected chi connectivity index (χ4v) is 3.04. The van der Waals surface area contributed by atoms with Crippen LogP contribution in [0.2, 0.25) is 0 Å². The molecule has 1 N–H and O–H groups in total. The summed E-state index contributed by atoms with van der Waals surface area (Å²) in [5, 5.41) is 3.53. The molecule has 1 saturated heterocycles. The highest BCUT2D eigenvalue weighted by Crippen LogP contribution is 2.35. The van der Waals surface area contributed by atoms with Gasteiger partial charge in [-0.25, -0.2) is 0 Å². The molecule has 0 aromatic heterocycles. The summed E-state index contributed by atoms with van der Waals surface area (Å²) in [4.78, 5) is 2.59. The lowest BCUT2D eigenvalue weighted by molar-refractivity contribution is 0.0144. The van der Waals surface area contributed by atoms with Crippen molar-refractivity contribution in [2.75, 3.05) is 38.2 Å². The maximum absolute atomic E-state index is 5.47. The summed E-state index contributed by atoms with van der Waals surface area (Å²) >= 11 is 0. The van der Waals surface area contributed by atoms with Gasteiger partial charge >= 0.3 is 0 Å². The second-order valence-corrected chi connectivity index (χ2v) is 5.15. The van der Waals surface area contributed by atoms with Crippen LogP contribution in [0.25, 0.3) is 0 Å². The Morgan fingerprint density at radius 1 is 1.33 bits per heavy atom. The molecule has 2 heterocycles. The molecule has 1 aromatic rings. The largest absolute Gasteiger partial charge is 0.385 e. The third-order valence-electron chi connectivity index (χ3n) is 4.10. The number of benzene rings is 1. The molecule has 3 heteroatoms. The van der Waals surface area contributed by atoms with E-state index < -0.39 is 0 Å². The third kappa shape index (κ3) is 2.25. The summed E-state index contributed by atoms with van der Waals surface area (Å²) in [7, 11) is 0. The Bertz CT molecular complexity index is 413. The lowest BCUT2D eigenvalue weighted by Gasteiger charge is -2.38. The highest BCUT2D eigenvalue weighted by atomic mass is 16.5. The molecule has 1 unspecified atom stereocenters. The molecule has 0 bridgehead atoms. The molecule has 2 aliphatic rings. The van der Waals surface area contributed by atoms with Gasteiger partial charge in [0.1, 0.15) is 0 Å². The number of morpholine rings is 1. The predicted molar refractivity (Wildman–Crippen MR) is 74.1 cm³/mol. The van der Waals surface area contributed by atoms with Crippen LogP contribution >= 0.6 is 0 Å². The Morgan fingerprint density at radius 3 is 2.94 bits per heavy atom. The molecule has 0 spiro atoms. The molecule has 98 valence electrons. The molecule has 3 rings (SSSR count). The monoisotopic (exact) mass is 246 g/mol. The molecule has 3 nitrogen and oxygen atoms in total. The normalized spacial score (nSPS) is 24.4. The lowest BCUT2D eigenvalue weighted by Crippen LogP contribution is -2.41. The molecule has 0 saturated carbocycles. The molecule has 0 radical (unpaired) electrons. The summed E-state index contributed by atoms with van der Waals surface area (Å²) in [6, 6.07) is 7.47. The Labute approximate surface area is 109 Å². The number of nitrogens with one attached hydrogen (secondary N) is 1. The van der Waals surface area contributed by atoms with E-state index >= 15 is 0 Å². The van der Waals surface area contributed by atoms with Gasteiger partial charge in [-0.2, -0.15) is 0 Å². The van der Waals surface area contributed by atoms with Crippen LogP contribution < -0.4 is 5.32 Å². The first-order valence-electron chi connectivity index (χ1n) is 7.07. The van der Waals surface area contributed by atoms with Crippen LogP contribution in [0.3, 0.4) is 0 Å². The van der Waals surface area contributed by atoms with Gasteiger partial charge in [-0.1, -0.05) is 19.1 Å². The molecule has 1 atom stereocenters. The van der Waals surface area contributed by atoms with Gasteiger partial charge in [-0.15, -0.1) is 0 Å². The van der Waals surface area contributed by atoms with Crippen LogP contribution in [0.5, 0.6) is 0 Å². The molecule has 0 aliphatic carbocycles. The van der Waals surface area contributed by atoms with Crippen LogP contribution in [0.1, 0.15) is 30.5 Å². The van der Waals surface area contributed by atoms with E-state index in [-0.39, 0.29) is 0 Å². The molecule has 0 amide bonds. The van der Waals surface area contributed by atoms with E-state index in [0.717, 1.165) is 39.3 Å². The second kappa shape index (κ2) is 5.29. The van der Waals surface area contributed by atoms with Crippen molar-refractivity contribution >= 4 is 5.69 Å². The van der Waals surface area contributed by atoms with Crippen LogP contribution in [-0.4, -0.2) is 37.7 Å². The van der Waals surface area contributed by atoms with Crippen molar-refractivity contribution in [2.24, 2.45) is 0 Å². The minimum Gasteiger partial charge on any atom is -0.385 e. The number of anilines is 1. The van der Waals surface area contributed by atoms with Crippen molar-refractivity contribution in [1.29, 1.82) is 0 Å². The Hall–Kier alpha value is -1.06. The highest BCUT2D eigenvalue weighted by Gasteiger charge is 2.27. The van der Waals surface area contributed by atoms with E-state index in [2.05, 4.69) is 35.3 Å². The van der Waals surface area contributed by atoms with Crippen molar-refractivity contribution in [3.63, 3.8) is 0 Å². The standard InChI is InChI=1S/C15H22N2O/c1-2-12-3-4-14-13(11-12)15(5-6-16-14)17-7-9-18-10-8-17/h3-4,11,15-16H,2,5-10H2,1H3. The Balaban J connectivity index is 1.89. The van der Waals surface area contributed by atoms with E-state index in [1.165, 1.54) is 23.2 Å².